The third kappa shape index (κ3) is 16.7. The van der Waals surface area contributed by atoms with Crippen LogP contribution in [0.15, 0.2) is 106 Å². The average molecular weight is 1040 g/mol. The lowest BCUT2D eigenvalue weighted by Gasteiger charge is -2.18. The molecular weight excluding hydrogens is 993 g/mol. The molecule has 0 aliphatic heterocycles. The predicted molar refractivity (Wildman–Crippen MR) is 239 cm³/mol. The van der Waals surface area contributed by atoms with Crippen LogP contribution in [-0.4, -0.2) is 52.9 Å². The summed E-state index contributed by atoms with van der Waals surface area (Å²) in [7, 11) is 3.06. The smallest absolute Gasteiger partial charge is 0.416 e. The normalized spacial score (nSPS) is 11.7. The fraction of sp³-hybridized carbons (Fsp3) is 0.289. The molecule has 0 bridgehead atoms. The number of rotatable bonds is 13. The number of hydrogen-bond acceptors (Lipinski definition) is 11. The molecule has 4 aromatic carbocycles. The summed E-state index contributed by atoms with van der Waals surface area (Å²) < 4.78 is 107. The average Bonchev–Trinajstić information content (AvgIpc) is 3.91. The highest BCUT2D eigenvalue weighted by Gasteiger charge is 2.33. The van der Waals surface area contributed by atoms with Gasteiger partial charge in [0, 0.05) is 29.8 Å². The lowest BCUT2D eigenvalue weighted by Crippen LogP contribution is -2.19. The van der Waals surface area contributed by atoms with Crippen molar-refractivity contribution in [1.29, 1.82) is 0 Å². The van der Waals surface area contributed by atoms with E-state index < -0.39 is 46.3 Å². The number of oxazole rings is 2. The van der Waals surface area contributed by atoms with Gasteiger partial charge < -0.3 is 38.0 Å². The number of carbonyl (C=O) groups excluding carboxylic acids is 1. The van der Waals surface area contributed by atoms with Crippen molar-refractivity contribution in [2.45, 2.75) is 65.7 Å². The number of esters is 1. The molecule has 0 spiro atoms. The van der Waals surface area contributed by atoms with Gasteiger partial charge in [-0.1, -0.05) is 91.7 Å². The van der Waals surface area contributed by atoms with Gasteiger partial charge in [-0.05, 0) is 67.1 Å². The van der Waals surface area contributed by atoms with Crippen LogP contribution in [0, 0.1) is 0 Å². The highest BCUT2D eigenvalue weighted by atomic mass is 79.9. The second kappa shape index (κ2) is 26.5. The van der Waals surface area contributed by atoms with E-state index in [0.29, 0.717) is 39.5 Å². The van der Waals surface area contributed by atoms with Gasteiger partial charge in [-0.2, -0.15) is 26.3 Å². The minimum Gasteiger partial charge on any atom is -0.507 e. The Hall–Kier alpha value is -5.60. The molecule has 0 aliphatic rings. The number of nitrogens with zero attached hydrogens (tertiary/aromatic N) is 2. The van der Waals surface area contributed by atoms with Gasteiger partial charge in [-0.25, -0.2) is 14.8 Å². The number of ether oxygens (including phenoxy) is 4. The Morgan fingerprint density at radius 1 is 0.727 bits per heavy atom. The minimum atomic E-state index is -4.62. The second-order valence-corrected chi connectivity index (χ2v) is 14.4. The third-order valence-corrected chi connectivity index (χ3v) is 9.41. The van der Waals surface area contributed by atoms with Gasteiger partial charge in [-0.3, -0.25) is 4.79 Å². The molecule has 2 atom stereocenters. The first-order chi connectivity index (χ1) is 29.7. The summed E-state index contributed by atoms with van der Waals surface area (Å²) in [5.41, 5.74) is 0.122. The maximum Gasteiger partial charge on any atom is 0.416 e. The van der Waals surface area contributed by atoms with Gasteiger partial charge in [0.15, 0.2) is 0 Å². The maximum atomic E-state index is 13.0. The molecule has 0 radical (unpaired) electrons. The first kappa shape index (κ1) is 58.4. The van der Waals surface area contributed by atoms with Crippen molar-refractivity contribution in [2.75, 3.05) is 20.8 Å². The molecule has 2 N–H and O–H groups in total. The largest absolute Gasteiger partial charge is 0.507 e. The molecule has 0 saturated heterocycles. The molecule has 2 heterocycles. The minimum absolute atomic E-state index is 0. The Kier molecular flexibility index (Phi) is 23.5. The Morgan fingerprint density at radius 2 is 1.20 bits per heavy atom. The van der Waals surface area contributed by atoms with E-state index in [1.807, 2.05) is 0 Å². The van der Waals surface area contributed by atoms with Crippen molar-refractivity contribution in [3.8, 4) is 34.4 Å². The van der Waals surface area contributed by atoms with Crippen LogP contribution in [-0.2, 0) is 49.4 Å². The molecule has 2 unspecified atom stereocenters. The first-order valence-corrected chi connectivity index (χ1v) is 19.6. The lowest BCUT2D eigenvalue weighted by molar-refractivity contribution is -0.146. The summed E-state index contributed by atoms with van der Waals surface area (Å²) in [5.74, 6) is -1.56. The van der Waals surface area contributed by atoms with E-state index in [9.17, 15) is 46.1 Å². The number of hydrogen-bond donors (Lipinski definition) is 2. The van der Waals surface area contributed by atoms with Crippen LogP contribution < -0.4 is 4.74 Å². The fourth-order valence-corrected chi connectivity index (χ4v) is 5.99. The quantitative estimate of drug-likeness (QED) is 0.0640. The number of carboxylic acids is 1. The van der Waals surface area contributed by atoms with Crippen molar-refractivity contribution in [1.82, 2.24) is 9.97 Å². The lowest BCUT2D eigenvalue weighted by atomic mass is 10.1. The molecule has 0 fully saturated rings. The summed E-state index contributed by atoms with van der Waals surface area (Å²) in [5, 5.41) is 20.0. The van der Waals surface area contributed by atoms with E-state index in [-0.39, 0.29) is 69.6 Å². The van der Waals surface area contributed by atoms with Crippen molar-refractivity contribution in [2.24, 2.45) is 0 Å². The molecule has 2 aromatic heterocycles. The highest BCUT2D eigenvalue weighted by Crippen LogP contribution is 2.38. The van der Waals surface area contributed by atoms with E-state index in [1.165, 1.54) is 62.1 Å². The Labute approximate surface area is 395 Å². The highest BCUT2D eigenvalue weighted by molar-refractivity contribution is 9.09. The first-order valence-electron chi connectivity index (χ1n) is 18.0. The van der Waals surface area contributed by atoms with Crippen LogP contribution in [0.5, 0.6) is 11.5 Å². The number of aliphatic carboxylic acids is 1. The standard InChI is InChI=1S/C20H15ClF3NO5.C11H10BrF3O2.C11H10ClNO3.3CH4/c1-28-9-14-10-29-18(25-14)15-8-13(21)5-6-16(15)30-17(19(26)27)11-3-2-4-12(7-11)20(22,23)24;1-2-17-10(16)9(12)7-4-3-5-8(6-7)11(13,14)15;1-15-5-8-6-16-11(13-8)9-4-7(12)2-3-10(9)14;;;/h2-8,10,17H,9H2,1H3,(H,26,27);3-6,9H,2H2,1H3;2-4,6,14H,5H2,1H3;3*1H4. The molecule has 0 aliphatic carbocycles. The Balaban J connectivity index is 0.000000520. The van der Waals surface area contributed by atoms with E-state index >= 15 is 0 Å². The third-order valence-electron chi connectivity index (χ3n) is 8.03. The van der Waals surface area contributed by atoms with E-state index in [0.717, 1.165) is 30.3 Å². The number of benzene rings is 4. The molecule has 66 heavy (non-hydrogen) atoms. The van der Waals surface area contributed by atoms with Crippen molar-refractivity contribution >= 4 is 51.1 Å². The number of carboxylic acid groups (broad SMARTS) is 1. The zero-order valence-electron chi connectivity index (χ0n) is 33.0. The number of methoxy groups -OCH3 is 2. The van der Waals surface area contributed by atoms with E-state index in [4.69, 9.17) is 51.0 Å². The number of aromatic nitrogens is 2. The molecule has 0 saturated carbocycles. The van der Waals surface area contributed by atoms with Crippen LogP contribution in [0.4, 0.5) is 26.3 Å². The Morgan fingerprint density at radius 3 is 1.68 bits per heavy atom. The molecule has 0 amide bonds. The molecule has 21 heteroatoms. The van der Waals surface area contributed by atoms with Crippen molar-refractivity contribution in [3.63, 3.8) is 0 Å². The topological polar surface area (TPSA) is 164 Å². The summed E-state index contributed by atoms with van der Waals surface area (Å²) in [6.07, 6.45) is -7.91. The molecule has 6 aromatic rings. The zero-order chi connectivity index (χ0) is 46.5. The molecule has 6 rings (SSSR count). The molecule has 360 valence electrons. The summed E-state index contributed by atoms with van der Waals surface area (Å²) in [4.78, 5) is 30.6. The molecule has 12 nitrogen and oxygen atoms in total. The van der Waals surface area contributed by atoms with Gasteiger partial charge in [0.25, 0.3) is 0 Å². The second-order valence-electron chi connectivity index (χ2n) is 12.7. The number of phenols is 1. The zero-order valence-corrected chi connectivity index (χ0v) is 36.1. The van der Waals surface area contributed by atoms with E-state index in [1.54, 1.807) is 26.2 Å². The monoisotopic (exact) mass is 1040 g/mol. The summed E-state index contributed by atoms with van der Waals surface area (Å²) in [6, 6.07) is 17.5. The van der Waals surface area contributed by atoms with Crippen LogP contribution in [0.25, 0.3) is 22.9 Å². The number of halogens is 9. The van der Waals surface area contributed by atoms with Gasteiger partial charge in [0.1, 0.15) is 40.2 Å². The number of carbonyl (C=O) groups is 2. The number of alkyl halides is 7. The van der Waals surface area contributed by atoms with Crippen molar-refractivity contribution in [3.05, 3.63) is 141 Å². The number of phenolic OH excluding ortho intramolecular Hbond substituents is 1. The van der Waals surface area contributed by atoms with Gasteiger partial charge in [-0.15, -0.1) is 0 Å². The summed E-state index contributed by atoms with van der Waals surface area (Å²) in [6.45, 7) is 2.36. The van der Waals surface area contributed by atoms with Crippen LogP contribution in [0.2, 0.25) is 10.0 Å². The predicted octanol–water partition coefficient (Wildman–Crippen LogP) is 13.8. The Bertz CT molecular complexity index is 2460. The van der Waals surface area contributed by atoms with Crippen LogP contribution in [0.3, 0.4) is 0 Å². The summed E-state index contributed by atoms with van der Waals surface area (Å²) >= 11 is 14.9. The van der Waals surface area contributed by atoms with Crippen LogP contribution in [0.1, 0.15) is 73.8 Å². The van der Waals surface area contributed by atoms with Gasteiger partial charge in [0.2, 0.25) is 17.9 Å². The van der Waals surface area contributed by atoms with Crippen molar-refractivity contribution < 1.29 is 73.9 Å². The number of aromatic hydroxyl groups is 1. The molecular formula is C45H47BrCl2F6N2O10. The van der Waals surface area contributed by atoms with Gasteiger partial charge in [0.05, 0.1) is 42.1 Å². The SMILES string of the molecule is C.C.C.CCOC(=O)C(Br)c1cccc(C(F)(F)F)c1.COCc1coc(-c2cc(Cl)ccc2O)n1.COCc1coc(-c2cc(Cl)ccc2OC(C(=O)O)c2cccc(C(F)(F)F)c2)n1. The van der Waals surface area contributed by atoms with E-state index in [2.05, 4.69) is 25.9 Å². The fourth-order valence-electron chi connectivity index (χ4n) is 5.23. The maximum absolute atomic E-state index is 13.0. The van der Waals surface area contributed by atoms with Gasteiger partial charge >= 0.3 is 24.3 Å². The van der Waals surface area contributed by atoms with Crippen LogP contribution >= 0.6 is 39.1 Å².